The second-order valence-electron chi connectivity index (χ2n) is 4.30. The van der Waals surface area contributed by atoms with Crippen LogP contribution in [0.1, 0.15) is 25.8 Å². The van der Waals surface area contributed by atoms with Gasteiger partial charge in [-0.1, -0.05) is 6.92 Å². The van der Waals surface area contributed by atoms with Crippen LogP contribution in [-0.2, 0) is 0 Å². The van der Waals surface area contributed by atoms with E-state index in [1.54, 1.807) is 6.92 Å². The number of nitriles is 1. The lowest BCUT2D eigenvalue weighted by atomic mass is 10.0. The standard InChI is InChI=1S/C12H15N3O3/c1-3-12(2,16)8-14-10-6-9(7-13)4-5-11(10)15(17)18/h4-6,14,16H,3,8H2,1-2H3. The van der Waals surface area contributed by atoms with Crippen molar-refractivity contribution in [3.63, 3.8) is 0 Å². The van der Waals surface area contributed by atoms with Crippen LogP contribution in [-0.4, -0.2) is 22.2 Å². The predicted octanol–water partition coefficient (Wildman–Crippen LogP) is 2.04. The van der Waals surface area contributed by atoms with Crippen molar-refractivity contribution in [3.05, 3.63) is 33.9 Å². The van der Waals surface area contributed by atoms with Crippen LogP contribution in [0.5, 0.6) is 0 Å². The summed E-state index contributed by atoms with van der Waals surface area (Å²) in [4.78, 5) is 10.3. The molecule has 2 N–H and O–H groups in total. The maximum Gasteiger partial charge on any atom is 0.292 e. The van der Waals surface area contributed by atoms with Crippen LogP contribution in [0.4, 0.5) is 11.4 Å². The van der Waals surface area contributed by atoms with Crippen molar-refractivity contribution in [3.8, 4) is 6.07 Å². The highest BCUT2D eigenvalue weighted by Gasteiger charge is 2.20. The molecule has 1 aromatic rings. The van der Waals surface area contributed by atoms with Crippen LogP contribution in [0.15, 0.2) is 18.2 Å². The first-order valence-electron chi connectivity index (χ1n) is 5.54. The van der Waals surface area contributed by atoms with Crippen LogP contribution in [0, 0.1) is 21.4 Å². The Bertz CT molecular complexity index is 492. The lowest BCUT2D eigenvalue weighted by Crippen LogP contribution is -2.32. The smallest absolute Gasteiger partial charge is 0.292 e. The van der Waals surface area contributed by atoms with Gasteiger partial charge >= 0.3 is 0 Å². The Morgan fingerprint density at radius 1 is 1.61 bits per heavy atom. The van der Waals surface area contributed by atoms with Crippen LogP contribution in [0.2, 0.25) is 0 Å². The Labute approximate surface area is 105 Å². The number of rotatable bonds is 5. The molecule has 0 radical (unpaired) electrons. The van der Waals surface area contributed by atoms with Gasteiger partial charge in [0.25, 0.3) is 5.69 Å². The Kier molecular flexibility index (Phi) is 4.23. The molecule has 0 spiro atoms. The number of nitrogens with zero attached hydrogens (tertiary/aromatic N) is 2. The second kappa shape index (κ2) is 5.47. The molecule has 0 aliphatic heterocycles. The first-order valence-corrected chi connectivity index (χ1v) is 5.54. The van der Waals surface area contributed by atoms with Gasteiger partial charge in [-0.15, -0.1) is 0 Å². The van der Waals surface area contributed by atoms with E-state index < -0.39 is 10.5 Å². The monoisotopic (exact) mass is 249 g/mol. The summed E-state index contributed by atoms with van der Waals surface area (Å²) in [5.41, 5.74) is -0.482. The average molecular weight is 249 g/mol. The van der Waals surface area contributed by atoms with Gasteiger partial charge in [-0.05, 0) is 25.5 Å². The molecule has 1 aromatic carbocycles. The summed E-state index contributed by atoms with van der Waals surface area (Å²) in [5.74, 6) is 0. The summed E-state index contributed by atoms with van der Waals surface area (Å²) in [7, 11) is 0. The molecular formula is C12H15N3O3. The molecular weight excluding hydrogens is 234 g/mol. The largest absolute Gasteiger partial charge is 0.388 e. The molecule has 0 amide bonds. The Morgan fingerprint density at radius 2 is 2.28 bits per heavy atom. The molecule has 0 bridgehead atoms. The maximum atomic E-state index is 10.8. The maximum absolute atomic E-state index is 10.8. The fourth-order valence-electron chi connectivity index (χ4n) is 1.32. The van der Waals surface area contributed by atoms with Gasteiger partial charge in [0.05, 0.1) is 22.2 Å². The average Bonchev–Trinajstić information content (AvgIpc) is 2.36. The zero-order valence-electron chi connectivity index (χ0n) is 10.3. The molecule has 0 aliphatic rings. The van der Waals surface area contributed by atoms with E-state index in [0.717, 1.165) is 0 Å². The van der Waals surface area contributed by atoms with Gasteiger partial charge in [0.1, 0.15) is 5.69 Å². The van der Waals surface area contributed by atoms with Gasteiger partial charge in [0.15, 0.2) is 0 Å². The van der Waals surface area contributed by atoms with Crippen LogP contribution in [0.3, 0.4) is 0 Å². The van der Waals surface area contributed by atoms with Crippen LogP contribution in [0.25, 0.3) is 0 Å². The minimum Gasteiger partial charge on any atom is -0.388 e. The quantitative estimate of drug-likeness (QED) is 0.614. The van der Waals surface area contributed by atoms with E-state index in [-0.39, 0.29) is 17.9 Å². The minimum atomic E-state index is -0.948. The Hall–Kier alpha value is -2.13. The summed E-state index contributed by atoms with van der Waals surface area (Å²) in [6.45, 7) is 3.64. The van der Waals surface area contributed by atoms with Crippen molar-refractivity contribution >= 4 is 11.4 Å². The fourth-order valence-corrected chi connectivity index (χ4v) is 1.32. The van der Waals surface area contributed by atoms with E-state index in [4.69, 9.17) is 5.26 Å². The van der Waals surface area contributed by atoms with Gasteiger partial charge in [-0.25, -0.2) is 0 Å². The third-order valence-electron chi connectivity index (χ3n) is 2.74. The molecule has 6 heteroatoms. The number of hydrogen-bond acceptors (Lipinski definition) is 5. The van der Waals surface area contributed by atoms with Crippen molar-refractivity contribution in [1.29, 1.82) is 5.26 Å². The van der Waals surface area contributed by atoms with Gasteiger partial charge in [-0.3, -0.25) is 10.1 Å². The van der Waals surface area contributed by atoms with Gasteiger partial charge in [0.2, 0.25) is 0 Å². The fraction of sp³-hybridized carbons (Fsp3) is 0.417. The first-order chi connectivity index (χ1) is 8.39. The molecule has 0 heterocycles. The van der Waals surface area contributed by atoms with Gasteiger partial charge < -0.3 is 10.4 Å². The lowest BCUT2D eigenvalue weighted by Gasteiger charge is -2.22. The van der Waals surface area contributed by atoms with E-state index in [1.807, 2.05) is 13.0 Å². The van der Waals surface area contributed by atoms with Crippen LogP contribution < -0.4 is 5.32 Å². The number of anilines is 1. The normalized spacial score (nSPS) is 13.4. The number of nitro groups is 1. The van der Waals surface area contributed by atoms with Crippen LogP contribution >= 0.6 is 0 Å². The first kappa shape index (κ1) is 13.9. The number of nitrogens with one attached hydrogen (secondary N) is 1. The van der Waals surface area contributed by atoms with Gasteiger partial charge in [0, 0.05) is 12.6 Å². The highest BCUT2D eigenvalue weighted by atomic mass is 16.6. The van der Waals surface area contributed by atoms with E-state index in [1.165, 1.54) is 18.2 Å². The molecule has 0 fully saturated rings. The molecule has 0 aliphatic carbocycles. The molecule has 1 unspecified atom stereocenters. The topological polar surface area (TPSA) is 99.2 Å². The molecule has 0 saturated carbocycles. The summed E-state index contributed by atoms with van der Waals surface area (Å²) in [6, 6.07) is 6.00. The summed E-state index contributed by atoms with van der Waals surface area (Å²) >= 11 is 0. The molecule has 18 heavy (non-hydrogen) atoms. The predicted molar refractivity (Wildman–Crippen MR) is 67.2 cm³/mol. The number of nitro benzene ring substituents is 1. The third kappa shape index (κ3) is 3.43. The van der Waals surface area contributed by atoms with Crippen molar-refractivity contribution in [1.82, 2.24) is 0 Å². The zero-order chi connectivity index (χ0) is 13.8. The number of hydrogen-bond donors (Lipinski definition) is 2. The molecule has 0 aromatic heterocycles. The van der Waals surface area contributed by atoms with E-state index in [2.05, 4.69) is 5.32 Å². The zero-order valence-corrected chi connectivity index (χ0v) is 10.3. The minimum absolute atomic E-state index is 0.110. The van der Waals surface area contributed by atoms with Crippen molar-refractivity contribution in [2.24, 2.45) is 0 Å². The van der Waals surface area contributed by atoms with Crippen molar-refractivity contribution in [2.75, 3.05) is 11.9 Å². The molecule has 6 nitrogen and oxygen atoms in total. The lowest BCUT2D eigenvalue weighted by molar-refractivity contribution is -0.384. The van der Waals surface area contributed by atoms with E-state index in [9.17, 15) is 15.2 Å². The van der Waals surface area contributed by atoms with E-state index in [0.29, 0.717) is 12.0 Å². The molecule has 0 saturated heterocycles. The third-order valence-corrected chi connectivity index (χ3v) is 2.74. The molecule has 1 rings (SSSR count). The summed E-state index contributed by atoms with van der Waals surface area (Å²) < 4.78 is 0. The number of aliphatic hydroxyl groups is 1. The SMILES string of the molecule is CCC(C)(O)CNc1cc(C#N)ccc1[N+](=O)[O-]. The molecule has 96 valence electrons. The van der Waals surface area contributed by atoms with Crippen molar-refractivity contribution in [2.45, 2.75) is 25.9 Å². The highest BCUT2D eigenvalue weighted by molar-refractivity contribution is 5.64. The van der Waals surface area contributed by atoms with Gasteiger partial charge in [-0.2, -0.15) is 5.26 Å². The Balaban J connectivity index is 2.99. The molecule has 1 atom stereocenters. The number of benzene rings is 1. The van der Waals surface area contributed by atoms with E-state index >= 15 is 0 Å². The highest BCUT2D eigenvalue weighted by Crippen LogP contribution is 2.26. The second-order valence-corrected chi connectivity index (χ2v) is 4.30. The summed E-state index contributed by atoms with van der Waals surface area (Å²) in [5, 5.41) is 32.3. The summed E-state index contributed by atoms with van der Waals surface area (Å²) in [6.07, 6.45) is 0.520. The van der Waals surface area contributed by atoms with Crippen molar-refractivity contribution < 1.29 is 10.0 Å². The Morgan fingerprint density at radius 3 is 2.78 bits per heavy atom.